The summed E-state index contributed by atoms with van der Waals surface area (Å²) in [6.45, 7) is 0. The number of amides is 2. The van der Waals surface area contributed by atoms with Gasteiger partial charge in [0.15, 0.2) is 0 Å². The number of sulfonamides is 1. The Morgan fingerprint density at radius 1 is 1.32 bits per heavy atom. The van der Waals surface area contributed by atoms with Gasteiger partial charge in [-0.25, -0.2) is 22.7 Å². The van der Waals surface area contributed by atoms with Crippen LogP contribution in [0.4, 0.5) is 14.9 Å². The lowest BCUT2D eigenvalue weighted by molar-refractivity contribution is 0.240. The Balaban J connectivity index is 2.11. The van der Waals surface area contributed by atoms with E-state index in [1.54, 1.807) is 0 Å². The Labute approximate surface area is 110 Å². The molecular formula is C11H14FN3O3S. The van der Waals surface area contributed by atoms with Crippen molar-refractivity contribution < 1.29 is 17.6 Å². The van der Waals surface area contributed by atoms with Crippen molar-refractivity contribution in [1.29, 1.82) is 0 Å². The van der Waals surface area contributed by atoms with Crippen molar-refractivity contribution in [2.75, 3.05) is 5.32 Å². The molecule has 104 valence electrons. The maximum absolute atomic E-state index is 13.3. The average Bonchev–Trinajstić information content (AvgIpc) is 2.21. The Morgan fingerprint density at radius 3 is 2.53 bits per heavy atom. The monoisotopic (exact) mass is 287 g/mol. The van der Waals surface area contributed by atoms with E-state index < -0.39 is 21.9 Å². The molecule has 0 aliphatic heterocycles. The largest absolute Gasteiger partial charge is 0.335 e. The highest BCUT2D eigenvalue weighted by molar-refractivity contribution is 7.89. The van der Waals surface area contributed by atoms with Crippen LogP contribution < -0.4 is 15.8 Å². The van der Waals surface area contributed by atoms with Crippen LogP contribution in [0.1, 0.15) is 19.3 Å². The Morgan fingerprint density at radius 2 is 2.00 bits per heavy atom. The predicted molar refractivity (Wildman–Crippen MR) is 67.6 cm³/mol. The van der Waals surface area contributed by atoms with Gasteiger partial charge in [0.1, 0.15) is 5.82 Å². The first kappa shape index (κ1) is 13.8. The third-order valence-corrected chi connectivity index (χ3v) is 3.79. The molecule has 0 heterocycles. The van der Waals surface area contributed by atoms with Crippen molar-refractivity contribution in [2.24, 2.45) is 5.14 Å². The fourth-order valence-electron chi connectivity index (χ4n) is 1.70. The quantitative estimate of drug-likeness (QED) is 0.777. The molecule has 2 amide bonds. The molecule has 0 spiro atoms. The van der Waals surface area contributed by atoms with Crippen molar-refractivity contribution in [3.63, 3.8) is 0 Å². The van der Waals surface area contributed by atoms with E-state index in [0.717, 1.165) is 37.5 Å². The van der Waals surface area contributed by atoms with Crippen molar-refractivity contribution in [3.8, 4) is 0 Å². The van der Waals surface area contributed by atoms with E-state index in [-0.39, 0.29) is 16.6 Å². The summed E-state index contributed by atoms with van der Waals surface area (Å²) in [5.41, 5.74) is 0.0425. The number of halogens is 1. The Hall–Kier alpha value is -1.67. The molecule has 1 aliphatic carbocycles. The first-order chi connectivity index (χ1) is 8.84. The fourth-order valence-corrected chi connectivity index (χ4v) is 2.27. The number of urea groups is 1. The first-order valence-electron chi connectivity index (χ1n) is 5.75. The highest BCUT2D eigenvalue weighted by Gasteiger charge is 2.19. The van der Waals surface area contributed by atoms with Crippen molar-refractivity contribution in [2.45, 2.75) is 30.2 Å². The van der Waals surface area contributed by atoms with Crippen molar-refractivity contribution >= 4 is 21.7 Å². The summed E-state index contributed by atoms with van der Waals surface area (Å²) in [7, 11) is -4.01. The smallest absolute Gasteiger partial charge is 0.319 e. The lowest BCUT2D eigenvalue weighted by atomic mass is 9.93. The number of nitrogens with two attached hydrogens (primary N) is 1. The first-order valence-corrected chi connectivity index (χ1v) is 7.30. The van der Waals surface area contributed by atoms with Gasteiger partial charge in [0.05, 0.1) is 4.90 Å². The summed E-state index contributed by atoms with van der Waals surface area (Å²) in [6.07, 6.45) is 2.90. The van der Waals surface area contributed by atoms with E-state index in [1.807, 2.05) is 0 Å². The molecule has 6 nitrogen and oxygen atoms in total. The van der Waals surface area contributed by atoms with Gasteiger partial charge in [-0.2, -0.15) is 0 Å². The molecule has 1 aliphatic rings. The molecule has 1 saturated carbocycles. The third-order valence-electron chi connectivity index (χ3n) is 2.90. The second-order valence-corrected chi connectivity index (χ2v) is 6.01. The molecule has 0 atom stereocenters. The summed E-state index contributed by atoms with van der Waals surface area (Å²) in [5, 5.41) is 9.99. The maximum atomic E-state index is 13.3. The minimum Gasteiger partial charge on any atom is -0.335 e. The molecule has 0 aromatic heterocycles. The van der Waals surface area contributed by atoms with Crippen LogP contribution in [-0.2, 0) is 10.0 Å². The van der Waals surface area contributed by atoms with Gasteiger partial charge < -0.3 is 10.6 Å². The number of carbonyl (C=O) groups excluding carboxylic acids is 1. The van der Waals surface area contributed by atoms with Gasteiger partial charge in [0.25, 0.3) is 0 Å². The van der Waals surface area contributed by atoms with E-state index in [0.29, 0.717) is 0 Å². The summed E-state index contributed by atoms with van der Waals surface area (Å²) in [4.78, 5) is 11.2. The molecule has 19 heavy (non-hydrogen) atoms. The number of hydrogen-bond acceptors (Lipinski definition) is 3. The lowest BCUT2D eigenvalue weighted by Crippen LogP contribution is -2.41. The molecular weight excluding hydrogens is 273 g/mol. The molecule has 1 aromatic carbocycles. The zero-order chi connectivity index (χ0) is 14.0. The predicted octanol–water partition coefficient (Wildman–Crippen LogP) is 1.15. The van der Waals surface area contributed by atoms with Crippen LogP contribution >= 0.6 is 0 Å². The number of primary sulfonamides is 1. The molecule has 4 N–H and O–H groups in total. The molecule has 1 aromatic rings. The second kappa shape index (κ2) is 5.14. The maximum Gasteiger partial charge on any atom is 0.319 e. The summed E-state index contributed by atoms with van der Waals surface area (Å²) >= 11 is 0. The molecule has 0 unspecified atom stereocenters. The molecule has 0 bridgehead atoms. The topological polar surface area (TPSA) is 101 Å². The van der Waals surface area contributed by atoms with Gasteiger partial charge in [0, 0.05) is 11.7 Å². The highest BCUT2D eigenvalue weighted by Crippen LogP contribution is 2.19. The van der Waals surface area contributed by atoms with Crippen LogP contribution in [0.2, 0.25) is 0 Å². The van der Waals surface area contributed by atoms with Crippen molar-refractivity contribution in [1.82, 2.24) is 5.32 Å². The summed E-state index contributed by atoms with van der Waals surface area (Å²) in [6, 6.07) is 2.57. The van der Waals surface area contributed by atoms with Gasteiger partial charge in [-0.15, -0.1) is 0 Å². The number of anilines is 1. The normalized spacial score (nSPS) is 15.7. The van der Waals surface area contributed by atoms with Crippen molar-refractivity contribution in [3.05, 3.63) is 24.0 Å². The highest BCUT2D eigenvalue weighted by atomic mass is 32.2. The lowest BCUT2D eigenvalue weighted by Gasteiger charge is -2.26. The minimum absolute atomic E-state index is 0.0425. The zero-order valence-electron chi connectivity index (χ0n) is 10.0. The number of carbonyl (C=O) groups is 1. The van der Waals surface area contributed by atoms with Crippen LogP contribution in [0, 0.1) is 5.82 Å². The summed E-state index contributed by atoms with van der Waals surface area (Å²) < 4.78 is 35.5. The van der Waals surface area contributed by atoms with E-state index in [1.165, 1.54) is 0 Å². The molecule has 0 saturated heterocycles. The van der Waals surface area contributed by atoms with Gasteiger partial charge in [0.2, 0.25) is 10.0 Å². The van der Waals surface area contributed by atoms with Crippen LogP contribution in [0.5, 0.6) is 0 Å². The van der Waals surface area contributed by atoms with E-state index >= 15 is 0 Å². The fraction of sp³-hybridized carbons (Fsp3) is 0.364. The minimum atomic E-state index is -4.01. The molecule has 2 rings (SSSR count). The van der Waals surface area contributed by atoms with E-state index in [9.17, 15) is 17.6 Å². The van der Waals surface area contributed by atoms with Gasteiger partial charge >= 0.3 is 6.03 Å². The van der Waals surface area contributed by atoms with E-state index in [4.69, 9.17) is 5.14 Å². The number of benzene rings is 1. The molecule has 0 radical (unpaired) electrons. The number of hydrogen-bond donors (Lipinski definition) is 3. The average molecular weight is 287 g/mol. The van der Waals surface area contributed by atoms with Crippen LogP contribution in [0.25, 0.3) is 0 Å². The van der Waals surface area contributed by atoms with E-state index in [2.05, 4.69) is 10.6 Å². The number of rotatable bonds is 3. The third kappa shape index (κ3) is 3.65. The van der Waals surface area contributed by atoms with Gasteiger partial charge in [-0.05, 0) is 37.5 Å². The zero-order valence-corrected chi connectivity index (χ0v) is 10.8. The van der Waals surface area contributed by atoms with Gasteiger partial charge in [-0.3, -0.25) is 0 Å². The Kier molecular flexibility index (Phi) is 3.72. The molecule has 8 heteroatoms. The van der Waals surface area contributed by atoms with Crippen LogP contribution in [-0.4, -0.2) is 20.5 Å². The summed E-state index contributed by atoms with van der Waals surface area (Å²) in [5.74, 6) is -0.787. The van der Waals surface area contributed by atoms with Gasteiger partial charge in [-0.1, -0.05) is 0 Å². The van der Waals surface area contributed by atoms with Crippen LogP contribution in [0.15, 0.2) is 23.1 Å². The molecule has 1 fully saturated rings. The standard InChI is InChI=1S/C11H14FN3O3S/c12-7-4-9(6-10(5-7)19(13,17)18)15-11(16)14-8-2-1-3-8/h4-6,8H,1-3H2,(H2,13,17,18)(H2,14,15,16). The van der Waals surface area contributed by atoms with Crippen LogP contribution in [0.3, 0.4) is 0 Å². The SMILES string of the molecule is NS(=O)(=O)c1cc(F)cc(NC(=O)NC2CCC2)c1. The second-order valence-electron chi connectivity index (χ2n) is 4.45. The Bertz CT molecular complexity index is 599. The number of nitrogens with one attached hydrogen (secondary N) is 2.